The van der Waals surface area contributed by atoms with Crippen LogP contribution in [0.4, 0.5) is 0 Å². The number of hydrogen-bond donors (Lipinski definition) is 2. The predicted molar refractivity (Wildman–Crippen MR) is 71.9 cm³/mol. The van der Waals surface area contributed by atoms with Crippen LogP contribution in [0.3, 0.4) is 0 Å². The quantitative estimate of drug-likeness (QED) is 0.847. The first-order valence-corrected chi connectivity index (χ1v) is 6.02. The van der Waals surface area contributed by atoms with Gasteiger partial charge in [-0.05, 0) is 37.7 Å². The number of aromatic amines is 1. The van der Waals surface area contributed by atoms with E-state index in [1.165, 1.54) is 5.56 Å². The number of nitrogens with zero attached hydrogens (tertiary/aromatic N) is 1. The van der Waals surface area contributed by atoms with Crippen LogP contribution >= 0.6 is 0 Å². The Morgan fingerprint density at radius 1 is 1.33 bits per heavy atom. The van der Waals surface area contributed by atoms with Gasteiger partial charge >= 0.3 is 5.97 Å². The lowest BCUT2D eigenvalue weighted by molar-refractivity contribution is -0.136. The highest BCUT2D eigenvalue weighted by atomic mass is 16.4. The molecule has 0 spiro atoms. The summed E-state index contributed by atoms with van der Waals surface area (Å²) in [6.45, 7) is 0.953. The van der Waals surface area contributed by atoms with E-state index in [9.17, 15) is 4.79 Å². The molecule has 1 aromatic carbocycles. The summed E-state index contributed by atoms with van der Waals surface area (Å²) >= 11 is 0. The number of H-pyrrole nitrogens is 1. The van der Waals surface area contributed by atoms with Gasteiger partial charge in [0.05, 0.1) is 6.42 Å². The molecule has 0 radical (unpaired) electrons. The maximum absolute atomic E-state index is 10.9. The highest BCUT2D eigenvalue weighted by Gasteiger charge is 2.11. The van der Waals surface area contributed by atoms with E-state index in [1.807, 2.05) is 38.5 Å². The van der Waals surface area contributed by atoms with Crippen molar-refractivity contribution < 1.29 is 9.90 Å². The Hall–Kier alpha value is -1.81. The van der Waals surface area contributed by atoms with Crippen LogP contribution in [0.25, 0.3) is 10.9 Å². The fourth-order valence-corrected chi connectivity index (χ4v) is 2.19. The number of benzene rings is 1. The average molecular weight is 246 g/mol. The second kappa shape index (κ2) is 5.23. The molecular weight excluding hydrogens is 228 g/mol. The molecule has 0 aliphatic carbocycles. The fraction of sp³-hybridized carbons (Fsp3) is 0.357. The van der Waals surface area contributed by atoms with Crippen LogP contribution in [0.15, 0.2) is 24.4 Å². The van der Waals surface area contributed by atoms with E-state index in [4.69, 9.17) is 5.11 Å². The molecule has 0 saturated heterocycles. The monoisotopic (exact) mass is 246 g/mol. The molecule has 96 valence electrons. The normalized spacial score (nSPS) is 11.3. The second-order valence-electron chi connectivity index (χ2n) is 4.78. The van der Waals surface area contributed by atoms with E-state index in [1.54, 1.807) is 0 Å². The third kappa shape index (κ3) is 2.71. The highest BCUT2D eigenvalue weighted by molar-refractivity contribution is 5.89. The number of likely N-dealkylation sites (N-methyl/N-ethyl adjacent to an activating group) is 1. The Morgan fingerprint density at radius 2 is 2.11 bits per heavy atom. The van der Waals surface area contributed by atoms with E-state index in [0.717, 1.165) is 29.4 Å². The third-order valence-corrected chi connectivity index (χ3v) is 3.04. The molecule has 4 heteroatoms. The average Bonchev–Trinajstić information content (AvgIpc) is 2.70. The zero-order chi connectivity index (χ0) is 13.1. The number of nitrogens with one attached hydrogen (secondary N) is 1. The predicted octanol–water partition coefficient (Wildman–Crippen LogP) is 1.90. The summed E-state index contributed by atoms with van der Waals surface area (Å²) in [5.41, 5.74) is 3.09. The van der Waals surface area contributed by atoms with Gasteiger partial charge in [0.1, 0.15) is 0 Å². The number of carboxylic acid groups (broad SMARTS) is 1. The zero-order valence-electron chi connectivity index (χ0n) is 10.7. The fourth-order valence-electron chi connectivity index (χ4n) is 2.19. The number of carbonyl (C=O) groups is 1. The van der Waals surface area contributed by atoms with Crippen LogP contribution in [0, 0.1) is 0 Å². The summed E-state index contributed by atoms with van der Waals surface area (Å²) in [6, 6.07) is 5.77. The summed E-state index contributed by atoms with van der Waals surface area (Å²) < 4.78 is 0. The van der Waals surface area contributed by atoms with E-state index in [-0.39, 0.29) is 6.42 Å². The van der Waals surface area contributed by atoms with Gasteiger partial charge in [-0.1, -0.05) is 12.1 Å². The first-order valence-electron chi connectivity index (χ1n) is 6.02. The Balaban J connectivity index is 2.38. The molecule has 0 unspecified atom stereocenters. The van der Waals surface area contributed by atoms with Crippen LogP contribution in [0.2, 0.25) is 0 Å². The maximum atomic E-state index is 10.9. The molecule has 2 rings (SSSR count). The first kappa shape index (κ1) is 12.6. The van der Waals surface area contributed by atoms with Crippen molar-refractivity contribution in [1.82, 2.24) is 9.88 Å². The summed E-state index contributed by atoms with van der Waals surface area (Å²) in [4.78, 5) is 16.2. The van der Waals surface area contributed by atoms with Crippen molar-refractivity contribution in [3.8, 4) is 0 Å². The van der Waals surface area contributed by atoms with Crippen molar-refractivity contribution in [2.24, 2.45) is 0 Å². The highest BCUT2D eigenvalue weighted by Crippen LogP contribution is 2.23. The molecule has 0 bridgehead atoms. The van der Waals surface area contributed by atoms with Crippen LogP contribution in [-0.4, -0.2) is 41.6 Å². The molecule has 0 fully saturated rings. The van der Waals surface area contributed by atoms with Crippen molar-refractivity contribution in [2.75, 3.05) is 20.6 Å². The number of aliphatic carboxylic acids is 1. The van der Waals surface area contributed by atoms with Crippen LogP contribution in [-0.2, 0) is 17.6 Å². The van der Waals surface area contributed by atoms with Crippen molar-refractivity contribution in [1.29, 1.82) is 0 Å². The van der Waals surface area contributed by atoms with E-state index >= 15 is 0 Å². The molecule has 1 heterocycles. The molecule has 0 aliphatic rings. The molecule has 0 aliphatic heterocycles. The molecule has 2 N–H and O–H groups in total. The second-order valence-corrected chi connectivity index (χ2v) is 4.78. The molecule has 2 aromatic rings. The van der Waals surface area contributed by atoms with Crippen molar-refractivity contribution >= 4 is 16.9 Å². The molecule has 1 aromatic heterocycles. The summed E-state index contributed by atoms with van der Waals surface area (Å²) in [7, 11) is 4.07. The van der Waals surface area contributed by atoms with E-state index < -0.39 is 5.97 Å². The number of fused-ring (bicyclic) bond motifs is 1. The van der Waals surface area contributed by atoms with Gasteiger partial charge in [-0.25, -0.2) is 0 Å². The smallest absolute Gasteiger partial charge is 0.307 e. The van der Waals surface area contributed by atoms with Gasteiger partial charge in [-0.15, -0.1) is 0 Å². The molecule has 18 heavy (non-hydrogen) atoms. The Labute approximate surface area is 106 Å². The van der Waals surface area contributed by atoms with Gasteiger partial charge in [0.15, 0.2) is 0 Å². The Morgan fingerprint density at radius 3 is 2.78 bits per heavy atom. The standard InChI is InChI=1S/C14H18N2O2/c1-16(2)7-6-11-9-15-12-5-3-4-10(14(11)12)8-13(17)18/h3-5,9,15H,6-8H2,1-2H3,(H,17,18). The van der Waals surface area contributed by atoms with Gasteiger partial charge in [0, 0.05) is 23.6 Å². The van der Waals surface area contributed by atoms with Gasteiger partial charge in [-0.2, -0.15) is 0 Å². The van der Waals surface area contributed by atoms with Crippen LogP contribution < -0.4 is 0 Å². The summed E-state index contributed by atoms with van der Waals surface area (Å²) in [5.74, 6) is -0.790. The Bertz CT molecular complexity index is 558. The molecular formula is C14H18N2O2. The minimum Gasteiger partial charge on any atom is -0.481 e. The zero-order valence-corrected chi connectivity index (χ0v) is 10.7. The van der Waals surface area contributed by atoms with Crippen molar-refractivity contribution in [2.45, 2.75) is 12.8 Å². The lowest BCUT2D eigenvalue weighted by Crippen LogP contribution is -2.15. The van der Waals surface area contributed by atoms with Gasteiger partial charge in [-0.3, -0.25) is 4.79 Å². The summed E-state index contributed by atoms with van der Waals surface area (Å²) in [5, 5.41) is 10.0. The molecule has 0 saturated carbocycles. The molecule has 0 amide bonds. The van der Waals surface area contributed by atoms with Crippen molar-refractivity contribution in [3.05, 3.63) is 35.5 Å². The van der Waals surface area contributed by atoms with E-state index in [0.29, 0.717) is 0 Å². The topological polar surface area (TPSA) is 56.3 Å². The number of hydrogen-bond acceptors (Lipinski definition) is 2. The lowest BCUT2D eigenvalue weighted by atomic mass is 10.0. The maximum Gasteiger partial charge on any atom is 0.307 e. The van der Waals surface area contributed by atoms with Crippen LogP contribution in [0.1, 0.15) is 11.1 Å². The lowest BCUT2D eigenvalue weighted by Gasteiger charge is -2.09. The minimum atomic E-state index is -0.790. The molecule has 4 nitrogen and oxygen atoms in total. The van der Waals surface area contributed by atoms with Gasteiger partial charge in [0.2, 0.25) is 0 Å². The number of carboxylic acids is 1. The third-order valence-electron chi connectivity index (χ3n) is 3.04. The minimum absolute atomic E-state index is 0.0736. The largest absolute Gasteiger partial charge is 0.481 e. The first-order chi connectivity index (χ1) is 8.58. The van der Waals surface area contributed by atoms with Gasteiger partial charge in [0.25, 0.3) is 0 Å². The number of aromatic nitrogens is 1. The van der Waals surface area contributed by atoms with Crippen molar-refractivity contribution in [3.63, 3.8) is 0 Å². The van der Waals surface area contributed by atoms with Gasteiger partial charge < -0.3 is 15.0 Å². The van der Waals surface area contributed by atoms with Crippen LogP contribution in [0.5, 0.6) is 0 Å². The number of rotatable bonds is 5. The van der Waals surface area contributed by atoms with E-state index in [2.05, 4.69) is 9.88 Å². The molecule has 0 atom stereocenters. The Kier molecular flexibility index (Phi) is 3.67. The SMILES string of the molecule is CN(C)CCc1c[nH]c2cccc(CC(=O)O)c12. The summed E-state index contributed by atoms with van der Waals surface area (Å²) in [6.07, 6.45) is 2.98.